The summed E-state index contributed by atoms with van der Waals surface area (Å²) >= 11 is 5.92. The zero-order valence-electron chi connectivity index (χ0n) is 15.4. The molecule has 7 nitrogen and oxygen atoms in total. The summed E-state index contributed by atoms with van der Waals surface area (Å²) in [5.74, 6) is -1.24. The molecule has 0 spiro atoms. The fraction of sp³-hybridized carbons (Fsp3) is 0.0952. The van der Waals surface area contributed by atoms with E-state index in [2.05, 4.69) is 5.32 Å². The Kier molecular flexibility index (Phi) is 5.99. The number of hydrogen-bond acceptors (Lipinski definition) is 4. The van der Waals surface area contributed by atoms with Crippen LogP contribution in [0, 0.1) is 0 Å². The predicted octanol–water partition coefficient (Wildman–Crippen LogP) is 3.51. The number of aromatic nitrogens is 1. The smallest absolute Gasteiger partial charge is 0.323 e. The number of hydrogen-bond donors (Lipinski definition) is 2. The summed E-state index contributed by atoms with van der Waals surface area (Å²) in [4.78, 5) is 35.3. The molecule has 3 rings (SSSR count). The van der Waals surface area contributed by atoms with E-state index in [1.165, 1.54) is 25.4 Å². The molecule has 1 heterocycles. The van der Waals surface area contributed by atoms with E-state index >= 15 is 0 Å². The lowest BCUT2D eigenvalue weighted by Gasteiger charge is -2.12. The van der Waals surface area contributed by atoms with Crippen molar-refractivity contribution in [3.05, 3.63) is 81.7 Å². The third kappa shape index (κ3) is 4.83. The Hall–Kier alpha value is -3.58. The van der Waals surface area contributed by atoms with Gasteiger partial charge in [-0.15, -0.1) is 0 Å². The lowest BCUT2D eigenvalue weighted by molar-refractivity contribution is -0.137. The maximum Gasteiger partial charge on any atom is 0.323 e. The van der Waals surface area contributed by atoms with Crippen molar-refractivity contribution in [1.82, 2.24) is 4.57 Å². The van der Waals surface area contributed by atoms with Crippen LogP contribution in [0.5, 0.6) is 5.75 Å². The number of amides is 1. The molecule has 0 saturated carbocycles. The van der Waals surface area contributed by atoms with Crippen LogP contribution in [0.25, 0.3) is 11.1 Å². The average Bonchev–Trinajstić information content (AvgIpc) is 2.70. The lowest BCUT2D eigenvalue weighted by Crippen LogP contribution is -2.24. The predicted molar refractivity (Wildman–Crippen MR) is 110 cm³/mol. The summed E-state index contributed by atoms with van der Waals surface area (Å²) in [7, 11) is 1.46. The number of carbonyl (C=O) groups excluding carboxylic acids is 1. The molecule has 0 unspecified atom stereocenters. The minimum atomic E-state index is -1.16. The van der Waals surface area contributed by atoms with Gasteiger partial charge in [0, 0.05) is 17.3 Å². The molecular formula is C21H17ClN2O5. The van der Waals surface area contributed by atoms with Crippen molar-refractivity contribution in [1.29, 1.82) is 0 Å². The summed E-state index contributed by atoms with van der Waals surface area (Å²) in [5, 5.41) is 12.2. The van der Waals surface area contributed by atoms with E-state index in [0.29, 0.717) is 22.0 Å². The van der Waals surface area contributed by atoms with Gasteiger partial charge in [0.05, 0.1) is 18.4 Å². The minimum Gasteiger partial charge on any atom is -0.496 e. The summed E-state index contributed by atoms with van der Waals surface area (Å²) in [6.07, 6.45) is 1.28. The van der Waals surface area contributed by atoms with Crippen LogP contribution in [-0.4, -0.2) is 28.7 Å². The summed E-state index contributed by atoms with van der Waals surface area (Å²) in [6, 6.07) is 15.0. The third-order valence-electron chi connectivity index (χ3n) is 4.17. The fourth-order valence-electron chi connectivity index (χ4n) is 2.77. The quantitative estimate of drug-likeness (QED) is 0.645. The van der Waals surface area contributed by atoms with Gasteiger partial charge in [0.15, 0.2) is 0 Å². The standard InChI is InChI=1S/C21H17ClN2O5/c1-29-18-10-14(13-2-5-15(22)6-3-13)4-8-17(18)21(28)23-16-7-9-19(25)24(11-16)12-20(26)27/h2-11H,12H2,1H3,(H,23,28)(H,26,27). The second kappa shape index (κ2) is 8.62. The first-order chi connectivity index (χ1) is 13.9. The number of pyridine rings is 1. The number of carboxylic acid groups (broad SMARTS) is 1. The van der Waals surface area contributed by atoms with Crippen LogP contribution in [0.3, 0.4) is 0 Å². The minimum absolute atomic E-state index is 0.291. The number of ether oxygens (including phenoxy) is 1. The van der Waals surface area contributed by atoms with Gasteiger partial charge in [0.1, 0.15) is 12.3 Å². The molecule has 0 radical (unpaired) electrons. The van der Waals surface area contributed by atoms with E-state index in [-0.39, 0.29) is 0 Å². The van der Waals surface area contributed by atoms with Crippen molar-refractivity contribution in [3.8, 4) is 16.9 Å². The van der Waals surface area contributed by atoms with Gasteiger partial charge < -0.3 is 19.7 Å². The van der Waals surface area contributed by atoms with E-state index in [1.807, 2.05) is 12.1 Å². The number of benzene rings is 2. The Morgan fingerprint density at radius 1 is 1.07 bits per heavy atom. The molecule has 8 heteroatoms. The number of carbonyl (C=O) groups is 2. The number of nitrogens with zero attached hydrogens (tertiary/aromatic N) is 1. The van der Waals surface area contributed by atoms with E-state index in [4.69, 9.17) is 21.4 Å². The number of carboxylic acids is 1. The summed E-state index contributed by atoms with van der Waals surface area (Å²) < 4.78 is 6.36. The Labute approximate surface area is 171 Å². The highest BCUT2D eigenvalue weighted by Gasteiger charge is 2.15. The molecule has 0 bridgehead atoms. The first-order valence-corrected chi connectivity index (χ1v) is 8.93. The number of rotatable bonds is 6. The van der Waals surface area contributed by atoms with Crippen LogP contribution >= 0.6 is 11.6 Å². The van der Waals surface area contributed by atoms with Crippen molar-refractivity contribution < 1.29 is 19.4 Å². The molecule has 3 aromatic rings. The second-order valence-electron chi connectivity index (χ2n) is 6.15. The van der Waals surface area contributed by atoms with Gasteiger partial charge in [0.2, 0.25) is 0 Å². The van der Waals surface area contributed by atoms with Gasteiger partial charge >= 0.3 is 5.97 Å². The second-order valence-corrected chi connectivity index (χ2v) is 6.59. The Morgan fingerprint density at radius 2 is 1.76 bits per heavy atom. The van der Waals surface area contributed by atoms with Gasteiger partial charge in [0.25, 0.3) is 11.5 Å². The molecule has 2 N–H and O–H groups in total. The van der Waals surface area contributed by atoms with Crippen LogP contribution in [0.1, 0.15) is 10.4 Å². The molecule has 0 fully saturated rings. The first-order valence-electron chi connectivity index (χ1n) is 8.55. The Balaban J connectivity index is 1.86. The Morgan fingerprint density at radius 3 is 2.41 bits per heavy atom. The summed E-state index contributed by atoms with van der Waals surface area (Å²) in [5.41, 5.74) is 1.88. The maximum absolute atomic E-state index is 12.7. The highest BCUT2D eigenvalue weighted by Crippen LogP contribution is 2.28. The van der Waals surface area contributed by atoms with E-state index in [1.54, 1.807) is 30.3 Å². The molecule has 0 atom stereocenters. The number of anilines is 1. The van der Waals surface area contributed by atoms with Gasteiger partial charge in [-0.1, -0.05) is 29.8 Å². The van der Waals surface area contributed by atoms with Crippen LogP contribution in [0.2, 0.25) is 5.02 Å². The van der Waals surface area contributed by atoms with Crippen molar-refractivity contribution >= 4 is 29.2 Å². The van der Waals surface area contributed by atoms with Crippen LogP contribution in [0.15, 0.2) is 65.6 Å². The maximum atomic E-state index is 12.7. The zero-order chi connectivity index (χ0) is 21.0. The molecular weight excluding hydrogens is 396 g/mol. The van der Waals surface area contributed by atoms with Crippen molar-refractivity contribution in [2.75, 3.05) is 12.4 Å². The van der Waals surface area contributed by atoms with Crippen LogP contribution in [-0.2, 0) is 11.3 Å². The van der Waals surface area contributed by atoms with Gasteiger partial charge in [-0.25, -0.2) is 0 Å². The first kappa shape index (κ1) is 20.2. The SMILES string of the molecule is COc1cc(-c2ccc(Cl)cc2)ccc1C(=O)Nc1ccc(=O)n(CC(=O)O)c1. The molecule has 2 aromatic carbocycles. The van der Waals surface area contributed by atoms with Crippen molar-refractivity contribution in [2.45, 2.75) is 6.54 Å². The van der Waals surface area contributed by atoms with Crippen molar-refractivity contribution in [3.63, 3.8) is 0 Å². The number of methoxy groups -OCH3 is 1. The largest absolute Gasteiger partial charge is 0.496 e. The summed E-state index contributed by atoms with van der Waals surface area (Å²) in [6.45, 7) is -0.498. The number of aliphatic carboxylic acids is 1. The lowest BCUT2D eigenvalue weighted by atomic mass is 10.0. The van der Waals surface area contributed by atoms with Gasteiger partial charge in [-0.2, -0.15) is 0 Å². The highest BCUT2D eigenvalue weighted by atomic mass is 35.5. The Bertz CT molecular complexity index is 1120. The fourth-order valence-corrected chi connectivity index (χ4v) is 2.90. The molecule has 29 heavy (non-hydrogen) atoms. The van der Waals surface area contributed by atoms with Gasteiger partial charge in [-0.3, -0.25) is 14.4 Å². The van der Waals surface area contributed by atoms with E-state index < -0.39 is 24.0 Å². The monoisotopic (exact) mass is 412 g/mol. The zero-order valence-corrected chi connectivity index (χ0v) is 16.1. The molecule has 148 valence electrons. The molecule has 0 aliphatic heterocycles. The molecule has 1 aromatic heterocycles. The molecule has 0 saturated heterocycles. The molecule has 1 amide bonds. The number of halogens is 1. The third-order valence-corrected chi connectivity index (χ3v) is 4.42. The highest BCUT2D eigenvalue weighted by molar-refractivity contribution is 6.30. The molecule has 0 aliphatic carbocycles. The van der Waals surface area contributed by atoms with Crippen LogP contribution < -0.4 is 15.6 Å². The van der Waals surface area contributed by atoms with E-state index in [9.17, 15) is 14.4 Å². The topological polar surface area (TPSA) is 97.6 Å². The average molecular weight is 413 g/mol. The van der Waals surface area contributed by atoms with Crippen molar-refractivity contribution in [2.24, 2.45) is 0 Å². The van der Waals surface area contributed by atoms with Crippen LogP contribution in [0.4, 0.5) is 5.69 Å². The number of nitrogens with one attached hydrogen (secondary N) is 1. The molecule has 0 aliphatic rings. The van der Waals surface area contributed by atoms with Gasteiger partial charge in [-0.05, 0) is 41.5 Å². The van der Waals surface area contributed by atoms with E-state index in [0.717, 1.165) is 15.7 Å². The normalized spacial score (nSPS) is 10.4.